The molecule has 23 heavy (non-hydrogen) atoms. The molecule has 2 aromatic carbocycles. The van der Waals surface area contributed by atoms with E-state index in [1.165, 1.54) is 12.1 Å². The van der Waals surface area contributed by atoms with Crippen molar-refractivity contribution in [3.05, 3.63) is 77.2 Å². The summed E-state index contributed by atoms with van der Waals surface area (Å²) in [5, 5.41) is 18.9. The Labute approximate surface area is 133 Å². The van der Waals surface area contributed by atoms with Crippen molar-refractivity contribution in [1.82, 2.24) is 4.57 Å². The first-order chi connectivity index (χ1) is 11.2. The predicted molar refractivity (Wildman–Crippen MR) is 86.6 cm³/mol. The van der Waals surface area contributed by atoms with Crippen molar-refractivity contribution in [3.63, 3.8) is 0 Å². The lowest BCUT2D eigenvalue weighted by atomic mass is 10.1. The van der Waals surface area contributed by atoms with E-state index in [2.05, 4.69) is 0 Å². The van der Waals surface area contributed by atoms with Crippen LogP contribution in [0.1, 0.15) is 11.1 Å². The van der Waals surface area contributed by atoms with Gasteiger partial charge in [-0.1, -0.05) is 30.3 Å². The van der Waals surface area contributed by atoms with E-state index >= 15 is 0 Å². The summed E-state index contributed by atoms with van der Waals surface area (Å²) in [6.45, 7) is 0.586. The zero-order valence-electron chi connectivity index (χ0n) is 12.2. The molecule has 0 bridgehead atoms. The number of nitrogens with zero attached hydrogens (tertiary/aromatic N) is 3. The van der Waals surface area contributed by atoms with Crippen molar-refractivity contribution < 1.29 is 4.39 Å². The third-order valence-electron chi connectivity index (χ3n) is 3.63. The van der Waals surface area contributed by atoms with E-state index in [4.69, 9.17) is 10.5 Å². The fourth-order valence-corrected chi connectivity index (χ4v) is 2.55. The van der Waals surface area contributed by atoms with Crippen LogP contribution in [0, 0.1) is 28.5 Å². The second-order valence-corrected chi connectivity index (χ2v) is 5.14. The molecule has 0 saturated carbocycles. The molecule has 0 aliphatic carbocycles. The van der Waals surface area contributed by atoms with Crippen LogP contribution in [-0.2, 0) is 6.54 Å². The Balaban J connectivity index is 2.08. The van der Waals surface area contributed by atoms with Crippen LogP contribution in [0.3, 0.4) is 0 Å². The van der Waals surface area contributed by atoms with Gasteiger partial charge in [0.05, 0.1) is 0 Å². The van der Waals surface area contributed by atoms with Crippen molar-refractivity contribution in [2.45, 2.75) is 6.54 Å². The average molecular weight is 301 g/mol. The number of rotatable bonds is 3. The minimum absolute atomic E-state index is 0.0645. The maximum atomic E-state index is 13.0. The predicted octanol–water partition coefficient (Wildman–Crippen LogP) is 4.26. The Morgan fingerprint density at radius 3 is 2.43 bits per heavy atom. The van der Waals surface area contributed by atoms with E-state index in [-0.39, 0.29) is 11.4 Å². The Kier molecular flexibility index (Phi) is 3.91. The number of nitriles is 2. The van der Waals surface area contributed by atoms with Crippen LogP contribution >= 0.6 is 0 Å². The van der Waals surface area contributed by atoms with E-state index in [0.717, 1.165) is 22.0 Å². The molecule has 0 radical (unpaired) electrons. The van der Waals surface area contributed by atoms with Gasteiger partial charge in [0.15, 0.2) is 0 Å². The summed E-state index contributed by atoms with van der Waals surface area (Å²) in [5.74, 6) is -0.262. The molecule has 0 N–H and O–H groups in total. The highest BCUT2D eigenvalue weighted by molar-refractivity contribution is 5.90. The smallest absolute Gasteiger partial charge is 0.130 e. The number of benzene rings is 2. The van der Waals surface area contributed by atoms with Gasteiger partial charge in [0, 0.05) is 29.2 Å². The highest BCUT2D eigenvalue weighted by atomic mass is 19.1. The lowest BCUT2D eigenvalue weighted by Gasteiger charge is -2.05. The molecule has 0 amide bonds. The van der Waals surface area contributed by atoms with Gasteiger partial charge in [0.25, 0.3) is 0 Å². The summed E-state index contributed by atoms with van der Waals surface area (Å²) in [5.41, 5.74) is 2.86. The molecule has 0 aliphatic rings. The molecule has 110 valence electrons. The van der Waals surface area contributed by atoms with Gasteiger partial charge in [-0.25, -0.2) is 4.39 Å². The normalized spacial score (nSPS) is 10.0. The van der Waals surface area contributed by atoms with Crippen molar-refractivity contribution in [2.75, 3.05) is 0 Å². The molecule has 0 spiro atoms. The number of hydrogen-bond acceptors (Lipinski definition) is 2. The minimum atomic E-state index is -0.262. The van der Waals surface area contributed by atoms with Gasteiger partial charge in [-0.05, 0) is 29.8 Å². The standard InChI is InChI=1S/C19H12FN3/c20-17-7-5-14(6-8-17)12-23-13-16(9-15(10-21)11-22)18-3-1-2-4-19(18)23/h1-9,13H,12H2. The second-order valence-electron chi connectivity index (χ2n) is 5.14. The van der Waals surface area contributed by atoms with Crippen LogP contribution in [0.5, 0.6) is 0 Å². The molecule has 3 aromatic rings. The van der Waals surface area contributed by atoms with Gasteiger partial charge in [-0.15, -0.1) is 0 Å². The van der Waals surface area contributed by atoms with Gasteiger partial charge in [-0.3, -0.25) is 0 Å². The Morgan fingerprint density at radius 1 is 1.04 bits per heavy atom. The number of aromatic nitrogens is 1. The molecule has 1 heterocycles. The van der Waals surface area contributed by atoms with Gasteiger partial charge in [0.2, 0.25) is 0 Å². The zero-order valence-corrected chi connectivity index (χ0v) is 12.2. The lowest BCUT2D eigenvalue weighted by molar-refractivity contribution is 0.626. The van der Waals surface area contributed by atoms with Crippen molar-refractivity contribution in [2.24, 2.45) is 0 Å². The van der Waals surface area contributed by atoms with E-state index in [1.807, 2.05) is 47.2 Å². The first-order valence-corrected chi connectivity index (χ1v) is 7.05. The molecule has 0 fully saturated rings. The maximum absolute atomic E-state index is 13.0. The quantitative estimate of drug-likeness (QED) is 0.679. The molecular weight excluding hydrogens is 289 g/mol. The molecule has 1 aromatic heterocycles. The number of para-hydroxylation sites is 1. The first kappa shape index (κ1) is 14.6. The summed E-state index contributed by atoms with van der Waals surface area (Å²) in [7, 11) is 0. The average Bonchev–Trinajstić information content (AvgIpc) is 2.92. The third-order valence-corrected chi connectivity index (χ3v) is 3.63. The molecular formula is C19H12FN3. The van der Waals surface area contributed by atoms with Crippen LogP contribution < -0.4 is 0 Å². The second kappa shape index (κ2) is 6.17. The van der Waals surface area contributed by atoms with Crippen molar-refractivity contribution in [1.29, 1.82) is 10.5 Å². The molecule has 0 atom stereocenters. The minimum Gasteiger partial charge on any atom is -0.342 e. The zero-order chi connectivity index (χ0) is 16.2. The Morgan fingerprint density at radius 2 is 1.74 bits per heavy atom. The van der Waals surface area contributed by atoms with Gasteiger partial charge < -0.3 is 4.57 Å². The Bertz CT molecular complexity index is 951. The Hall–Kier alpha value is -3.37. The van der Waals surface area contributed by atoms with Crippen molar-refractivity contribution in [3.8, 4) is 12.1 Å². The third kappa shape index (κ3) is 2.97. The number of hydrogen-bond donors (Lipinski definition) is 0. The summed E-state index contributed by atoms with van der Waals surface area (Å²) in [6.07, 6.45) is 3.49. The van der Waals surface area contributed by atoms with E-state index in [9.17, 15) is 4.39 Å². The number of fused-ring (bicyclic) bond motifs is 1. The molecule has 0 aliphatic heterocycles. The van der Waals surface area contributed by atoms with E-state index in [1.54, 1.807) is 18.2 Å². The highest BCUT2D eigenvalue weighted by Gasteiger charge is 2.08. The van der Waals surface area contributed by atoms with Gasteiger partial charge in [0.1, 0.15) is 23.5 Å². The molecule has 3 nitrogen and oxygen atoms in total. The summed E-state index contributed by atoms with van der Waals surface area (Å²) < 4.78 is 15.1. The summed E-state index contributed by atoms with van der Waals surface area (Å²) >= 11 is 0. The first-order valence-electron chi connectivity index (χ1n) is 7.05. The number of halogens is 1. The topological polar surface area (TPSA) is 52.5 Å². The van der Waals surface area contributed by atoms with E-state index < -0.39 is 0 Å². The van der Waals surface area contributed by atoms with E-state index in [0.29, 0.717) is 6.54 Å². The molecule has 0 unspecified atom stereocenters. The van der Waals surface area contributed by atoms with Crippen LogP contribution in [0.15, 0.2) is 60.3 Å². The van der Waals surface area contributed by atoms with Crippen LogP contribution in [-0.4, -0.2) is 4.57 Å². The van der Waals surface area contributed by atoms with Gasteiger partial charge in [-0.2, -0.15) is 10.5 Å². The SMILES string of the molecule is N#CC(C#N)=Cc1cn(Cc2ccc(F)cc2)c2ccccc12. The van der Waals surface area contributed by atoms with Crippen LogP contribution in [0.25, 0.3) is 17.0 Å². The molecule has 0 saturated heterocycles. The largest absolute Gasteiger partial charge is 0.342 e. The lowest BCUT2D eigenvalue weighted by Crippen LogP contribution is -1.97. The fraction of sp³-hybridized carbons (Fsp3) is 0.0526. The molecule has 3 rings (SSSR count). The van der Waals surface area contributed by atoms with Crippen molar-refractivity contribution >= 4 is 17.0 Å². The van der Waals surface area contributed by atoms with Crippen LogP contribution in [0.2, 0.25) is 0 Å². The highest BCUT2D eigenvalue weighted by Crippen LogP contribution is 2.24. The maximum Gasteiger partial charge on any atom is 0.130 e. The van der Waals surface area contributed by atoms with Gasteiger partial charge >= 0.3 is 0 Å². The van der Waals surface area contributed by atoms with Crippen LogP contribution in [0.4, 0.5) is 4.39 Å². The fourth-order valence-electron chi connectivity index (χ4n) is 2.55. The summed E-state index contributed by atoms with van der Waals surface area (Å²) in [4.78, 5) is 0. The number of allylic oxidation sites excluding steroid dienone is 1. The molecule has 4 heteroatoms. The monoisotopic (exact) mass is 301 g/mol. The summed E-state index contributed by atoms with van der Waals surface area (Å²) in [6, 6.07) is 17.9.